The van der Waals surface area contributed by atoms with Crippen LogP contribution in [-0.4, -0.2) is 55.2 Å². The molecule has 0 aliphatic carbocycles. The molecule has 4 rings (SSSR count). The largest absolute Gasteiger partial charge is 0.501 e. The number of halogens is 4. The van der Waals surface area contributed by atoms with E-state index in [2.05, 4.69) is 4.98 Å². The first kappa shape index (κ1) is 27.1. The second kappa shape index (κ2) is 10.1. The van der Waals surface area contributed by atoms with Crippen molar-refractivity contribution < 1.29 is 36.0 Å². The van der Waals surface area contributed by atoms with Gasteiger partial charge in [0.1, 0.15) is 12.2 Å². The maximum absolute atomic E-state index is 12.9. The number of aromatic nitrogens is 1. The molecule has 9 nitrogen and oxygen atoms in total. The van der Waals surface area contributed by atoms with Crippen molar-refractivity contribution in [2.45, 2.75) is 16.9 Å². The predicted molar refractivity (Wildman–Crippen MR) is 131 cm³/mol. The van der Waals surface area contributed by atoms with Gasteiger partial charge in [-0.05, 0) is 66.2 Å². The number of sulfone groups is 1. The number of pyridine rings is 1. The van der Waals surface area contributed by atoms with Crippen molar-refractivity contribution >= 4 is 50.7 Å². The Morgan fingerprint density at radius 3 is 2.29 bits per heavy atom. The highest BCUT2D eigenvalue weighted by molar-refractivity contribution is 7.92. The number of nitrogens with zero attached hydrogens (tertiary/aromatic N) is 4. The van der Waals surface area contributed by atoms with Crippen molar-refractivity contribution in [2.24, 2.45) is 0 Å². The number of carbonyl (C=O) groups is 3. The standard InChI is InChI=1S/C24H18ClF3N4O5S/c1-30(17-4-2-16(25)3-5-17)22(34)20-12-15(10-11-29-20)13-31-14-21(33)32(23(31)35)18-6-8-19(9-7-18)38(36,37)24(26,27)28/h2-12H,13-14H2,1H3. The lowest BCUT2D eigenvalue weighted by atomic mass is 10.2. The van der Waals surface area contributed by atoms with Crippen LogP contribution >= 0.6 is 11.6 Å². The topological polar surface area (TPSA) is 108 Å². The van der Waals surface area contributed by atoms with Gasteiger partial charge in [-0.15, -0.1) is 0 Å². The lowest BCUT2D eigenvalue weighted by molar-refractivity contribution is -0.116. The molecule has 0 N–H and O–H groups in total. The number of urea groups is 1. The quantitative estimate of drug-likeness (QED) is 0.412. The van der Waals surface area contributed by atoms with Crippen molar-refractivity contribution in [2.75, 3.05) is 23.4 Å². The molecule has 0 bridgehead atoms. The molecule has 1 aliphatic heterocycles. The molecule has 0 unspecified atom stereocenters. The maximum Gasteiger partial charge on any atom is 0.501 e. The minimum atomic E-state index is -5.57. The third-order valence-corrected chi connectivity index (χ3v) is 7.44. The molecule has 2 heterocycles. The number of carbonyl (C=O) groups excluding carboxylic acids is 3. The summed E-state index contributed by atoms with van der Waals surface area (Å²) in [5, 5.41) is 0.510. The fraction of sp³-hybridized carbons (Fsp3) is 0.167. The van der Waals surface area contributed by atoms with Crippen LogP contribution in [0.3, 0.4) is 0 Å². The van der Waals surface area contributed by atoms with Crippen LogP contribution in [0.1, 0.15) is 16.1 Å². The molecule has 0 spiro atoms. The number of imide groups is 1. The number of alkyl halides is 3. The van der Waals surface area contributed by atoms with E-state index >= 15 is 0 Å². The predicted octanol–water partition coefficient (Wildman–Crippen LogP) is 4.27. The van der Waals surface area contributed by atoms with Crippen LogP contribution in [0, 0.1) is 0 Å². The molecule has 198 valence electrons. The van der Waals surface area contributed by atoms with Gasteiger partial charge in [0.2, 0.25) is 0 Å². The second-order valence-electron chi connectivity index (χ2n) is 8.20. The Labute approximate surface area is 220 Å². The van der Waals surface area contributed by atoms with Gasteiger partial charge in [0.25, 0.3) is 21.7 Å². The molecule has 14 heteroatoms. The zero-order valence-corrected chi connectivity index (χ0v) is 21.1. The van der Waals surface area contributed by atoms with Gasteiger partial charge < -0.3 is 9.80 Å². The normalized spacial score (nSPS) is 14.2. The van der Waals surface area contributed by atoms with Gasteiger partial charge in [0.15, 0.2) is 0 Å². The Morgan fingerprint density at radius 1 is 1.05 bits per heavy atom. The zero-order valence-electron chi connectivity index (χ0n) is 19.5. The number of anilines is 2. The van der Waals surface area contributed by atoms with Crippen LogP contribution < -0.4 is 9.80 Å². The Hall–Kier alpha value is -3.97. The lowest BCUT2D eigenvalue weighted by Crippen LogP contribution is -2.33. The third kappa shape index (κ3) is 5.20. The molecule has 0 atom stereocenters. The van der Waals surface area contributed by atoms with Gasteiger partial charge in [-0.2, -0.15) is 13.2 Å². The molecule has 38 heavy (non-hydrogen) atoms. The van der Waals surface area contributed by atoms with Gasteiger partial charge in [-0.1, -0.05) is 11.6 Å². The first-order chi connectivity index (χ1) is 17.8. The molecule has 0 saturated carbocycles. The van der Waals surface area contributed by atoms with Gasteiger partial charge in [-0.25, -0.2) is 18.1 Å². The summed E-state index contributed by atoms with van der Waals surface area (Å²) in [7, 11) is -4.01. The van der Waals surface area contributed by atoms with Crippen molar-refractivity contribution in [1.29, 1.82) is 0 Å². The van der Waals surface area contributed by atoms with E-state index in [9.17, 15) is 36.0 Å². The minimum Gasteiger partial charge on any atom is -0.310 e. The fourth-order valence-corrected chi connectivity index (χ4v) is 4.59. The average molecular weight is 567 g/mol. The monoisotopic (exact) mass is 566 g/mol. The highest BCUT2D eigenvalue weighted by Gasteiger charge is 2.47. The number of hydrogen-bond acceptors (Lipinski definition) is 6. The Balaban J connectivity index is 1.49. The van der Waals surface area contributed by atoms with Crippen molar-refractivity contribution in [1.82, 2.24) is 9.88 Å². The highest BCUT2D eigenvalue weighted by atomic mass is 35.5. The number of rotatable bonds is 6. The van der Waals surface area contributed by atoms with Gasteiger partial charge in [0.05, 0.1) is 10.6 Å². The fourth-order valence-electron chi connectivity index (χ4n) is 3.70. The minimum absolute atomic E-state index is 0.0604. The molecule has 0 radical (unpaired) electrons. The smallest absolute Gasteiger partial charge is 0.310 e. The van der Waals surface area contributed by atoms with E-state index < -0.39 is 38.1 Å². The van der Waals surface area contributed by atoms with Crippen LogP contribution in [0.5, 0.6) is 0 Å². The van der Waals surface area contributed by atoms with Crippen LogP contribution in [0.25, 0.3) is 0 Å². The van der Waals surface area contributed by atoms with E-state index in [0.717, 1.165) is 17.0 Å². The summed E-state index contributed by atoms with van der Waals surface area (Å²) in [5.41, 5.74) is -4.40. The lowest BCUT2D eigenvalue weighted by Gasteiger charge is -2.19. The first-order valence-electron chi connectivity index (χ1n) is 10.8. The van der Waals surface area contributed by atoms with Crippen LogP contribution in [0.4, 0.5) is 29.3 Å². The third-order valence-electron chi connectivity index (χ3n) is 5.68. The van der Waals surface area contributed by atoms with E-state index in [1.54, 1.807) is 37.4 Å². The molecule has 1 saturated heterocycles. The number of amides is 4. The van der Waals surface area contributed by atoms with Gasteiger partial charge >= 0.3 is 11.5 Å². The molecule has 1 aliphatic rings. The molecular weight excluding hydrogens is 549 g/mol. The summed E-state index contributed by atoms with van der Waals surface area (Å²) >= 11 is 5.89. The second-order valence-corrected chi connectivity index (χ2v) is 10.6. The summed E-state index contributed by atoms with van der Waals surface area (Å²) < 4.78 is 61.5. The van der Waals surface area contributed by atoms with E-state index in [1.807, 2.05) is 0 Å². The van der Waals surface area contributed by atoms with Crippen molar-refractivity contribution in [3.8, 4) is 0 Å². The van der Waals surface area contributed by atoms with Crippen LogP contribution in [0.2, 0.25) is 5.02 Å². The molecule has 1 aromatic heterocycles. The summed E-state index contributed by atoms with van der Waals surface area (Å²) in [5.74, 6) is -1.08. The van der Waals surface area contributed by atoms with Crippen LogP contribution in [0.15, 0.2) is 71.8 Å². The van der Waals surface area contributed by atoms with E-state index in [0.29, 0.717) is 28.4 Å². The Bertz CT molecular complexity index is 1510. The summed E-state index contributed by atoms with van der Waals surface area (Å²) in [6.07, 6.45) is 1.39. The van der Waals surface area contributed by atoms with E-state index in [4.69, 9.17) is 11.6 Å². The van der Waals surface area contributed by atoms with Gasteiger partial charge in [-0.3, -0.25) is 14.6 Å². The van der Waals surface area contributed by atoms with Crippen LogP contribution in [-0.2, 0) is 21.2 Å². The maximum atomic E-state index is 12.9. The first-order valence-corrected chi connectivity index (χ1v) is 12.7. The molecule has 3 aromatic rings. The Kier molecular flexibility index (Phi) is 7.17. The average Bonchev–Trinajstić information content (AvgIpc) is 3.15. The summed E-state index contributed by atoms with van der Waals surface area (Å²) in [6.45, 7) is -0.396. The number of hydrogen-bond donors (Lipinski definition) is 0. The van der Waals surface area contributed by atoms with Gasteiger partial charge in [0, 0.05) is 30.5 Å². The van der Waals surface area contributed by atoms with Crippen molar-refractivity contribution in [3.05, 3.63) is 83.1 Å². The van der Waals surface area contributed by atoms with Crippen molar-refractivity contribution in [3.63, 3.8) is 0 Å². The summed E-state index contributed by atoms with van der Waals surface area (Å²) in [4.78, 5) is 44.8. The Morgan fingerprint density at radius 2 is 1.68 bits per heavy atom. The molecule has 4 amide bonds. The summed E-state index contributed by atoms with van der Waals surface area (Å²) in [6, 6.07) is 12.1. The molecule has 2 aromatic carbocycles. The number of benzene rings is 2. The zero-order chi connectivity index (χ0) is 27.8. The highest BCUT2D eigenvalue weighted by Crippen LogP contribution is 2.32. The molecule has 1 fully saturated rings. The van der Waals surface area contributed by atoms with E-state index in [1.165, 1.54) is 22.1 Å². The molecular formula is C24H18ClF3N4O5S. The SMILES string of the molecule is CN(C(=O)c1cc(CN2CC(=O)N(c3ccc(S(=O)(=O)C(F)(F)F)cc3)C2=O)ccn1)c1ccc(Cl)cc1. The van der Waals surface area contributed by atoms with E-state index in [-0.39, 0.29) is 24.5 Å².